The highest BCUT2D eigenvalue weighted by Gasteiger charge is 2.33. The van der Waals surface area contributed by atoms with E-state index in [4.69, 9.17) is 22.3 Å². The lowest BCUT2D eigenvalue weighted by molar-refractivity contribution is 0.454. The summed E-state index contributed by atoms with van der Waals surface area (Å²) in [4.78, 5) is 0. The van der Waals surface area contributed by atoms with E-state index in [-0.39, 0.29) is 12.4 Å². The quantitative estimate of drug-likeness (QED) is 0.0625. The number of halogens is 12. The molecule has 1 aromatic heterocycles. The minimum Gasteiger partial charge on any atom is -0.404 e. The van der Waals surface area contributed by atoms with Crippen LogP contribution in [0.3, 0.4) is 0 Å². The maximum Gasteiger partial charge on any atom is 0.170 e. The van der Waals surface area contributed by atoms with Crippen LogP contribution in [0.4, 0.5) is 52.7 Å². The molecule has 0 aliphatic rings. The Hall–Kier alpha value is -6.33. The van der Waals surface area contributed by atoms with Crippen molar-refractivity contribution in [3.63, 3.8) is 0 Å². The van der Waals surface area contributed by atoms with E-state index < -0.39 is 137 Å². The maximum absolute atomic E-state index is 15.6. The van der Waals surface area contributed by atoms with Crippen LogP contribution < -0.4 is 11.5 Å². The number of rotatable bonds is 8. The lowest BCUT2D eigenvalue weighted by atomic mass is 9.89. The summed E-state index contributed by atoms with van der Waals surface area (Å²) in [6.07, 6.45) is 2.91. The fourth-order valence-electron chi connectivity index (χ4n) is 5.27. The number of nitrogens with one attached hydrogen (secondary N) is 3. The molecule has 6 nitrogen and oxygen atoms in total. The summed E-state index contributed by atoms with van der Waals surface area (Å²) in [7, 11) is 0. The van der Waals surface area contributed by atoms with Crippen molar-refractivity contribution < 1.29 is 52.7 Å². The van der Waals surface area contributed by atoms with Gasteiger partial charge in [0.05, 0.1) is 39.6 Å². The van der Waals surface area contributed by atoms with Crippen molar-refractivity contribution in [1.29, 1.82) is 10.8 Å². The van der Waals surface area contributed by atoms with Gasteiger partial charge < -0.3 is 22.3 Å². The van der Waals surface area contributed by atoms with Crippen LogP contribution in [0.1, 0.15) is 11.1 Å². The molecule has 0 fully saturated rings. The highest BCUT2D eigenvalue weighted by atomic mass is 19.2. The molecule has 0 spiro atoms. The zero-order valence-corrected chi connectivity index (χ0v) is 24.8. The number of aromatic nitrogens is 2. The van der Waals surface area contributed by atoms with Crippen molar-refractivity contribution in [3.05, 3.63) is 124 Å². The molecule has 5 rings (SSSR count). The second-order valence-electron chi connectivity index (χ2n) is 10.3. The summed E-state index contributed by atoms with van der Waals surface area (Å²) in [5.41, 5.74) is -5.05. The molecule has 262 valence electrons. The van der Waals surface area contributed by atoms with Gasteiger partial charge in [0.15, 0.2) is 69.8 Å². The fourth-order valence-corrected chi connectivity index (χ4v) is 5.27. The van der Waals surface area contributed by atoms with E-state index in [0.29, 0.717) is 30.6 Å². The van der Waals surface area contributed by atoms with Crippen molar-refractivity contribution in [1.82, 2.24) is 10.2 Å². The number of benzene rings is 4. The van der Waals surface area contributed by atoms with Gasteiger partial charge in [-0.1, -0.05) is 0 Å². The van der Waals surface area contributed by atoms with Crippen LogP contribution in [0.25, 0.3) is 55.7 Å². The summed E-state index contributed by atoms with van der Waals surface area (Å²) in [6, 6.07) is 0.899. The Morgan fingerprint density at radius 2 is 0.745 bits per heavy atom. The lowest BCUT2D eigenvalue weighted by Crippen LogP contribution is -2.09. The first-order valence-corrected chi connectivity index (χ1v) is 13.7. The van der Waals surface area contributed by atoms with E-state index >= 15 is 52.7 Å². The smallest absolute Gasteiger partial charge is 0.170 e. The minimum absolute atomic E-state index is 0.225. The van der Waals surface area contributed by atoms with Crippen LogP contribution in [-0.2, 0) is 0 Å². The molecule has 0 saturated carbocycles. The number of allylic oxidation sites excluding steroid dienone is 2. The molecule has 5 aromatic rings. The number of nitrogens with zero attached hydrogens (tertiary/aromatic N) is 1. The largest absolute Gasteiger partial charge is 0.404 e. The summed E-state index contributed by atoms with van der Waals surface area (Å²) >= 11 is 0. The molecule has 0 bridgehead atoms. The molecule has 0 unspecified atom stereocenters. The molecule has 0 aliphatic heterocycles. The zero-order valence-electron chi connectivity index (χ0n) is 24.8. The Bertz CT molecular complexity index is 2150. The van der Waals surface area contributed by atoms with Crippen LogP contribution in [-0.4, -0.2) is 22.6 Å². The van der Waals surface area contributed by atoms with Crippen LogP contribution >= 0.6 is 0 Å². The van der Waals surface area contributed by atoms with E-state index in [1.165, 1.54) is 0 Å². The van der Waals surface area contributed by atoms with Crippen molar-refractivity contribution >= 4 is 23.6 Å². The van der Waals surface area contributed by atoms with Gasteiger partial charge in [-0.15, -0.1) is 0 Å². The Labute approximate surface area is 277 Å². The molecule has 4 aromatic carbocycles. The average molecular weight is 725 g/mol. The second-order valence-corrected chi connectivity index (χ2v) is 10.3. The molecule has 0 radical (unpaired) electrons. The predicted molar refractivity (Wildman–Crippen MR) is 162 cm³/mol. The van der Waals surface area contributed by atoms with E-state index in [1.54, 1.807) is 0 Å². The molecular weight excluding hydrogens is 708 g/mol. The third kappa shape index (κ3) is 5.57. The summed E-state index contributed by atoms with van der Waals surface area (Å²) in [6.45, 7) is 0. The van der Waals surface area contributed by atoms with Crippen molar-refractivity contribution in [2.75, 3.05) is 0 Å². The molecule has 0 atom stereocenters. The molecule has 0 amide bonds. The zero-order chi connectivity index (χ0) is 37.6. The first-order chi connectivity index (χ1) is 24.2. The molecule has 7 N–H and O–H groups in total. The summed E-state index contributed by atoms with van der Waals surface area (Å²) < 4.78 is 185. The first-order valence-electron chi connectivity index (χ1n) is 13.7. The topological polar surface area (TPSA) is 128 Å². The van der Waals surface area contributed by atoms with Crippen LogP contribution in [0, 0.1) is 80.6 Å². The van der Waals surface area contributed by atoms with Gasteiger partial charge in [0.2, 0.25) is 0 Å². The van der Waals surface area contributed by atoms with Gasteiger partial charge in [0.1, 0.15) is 0 Å². The van der Waals surface area contributed by atoms with E-state index in [2.05, 4.69) is 10.2 Å². The van der Waals surface area contributed by atoms with Crippen LogP contribution in [0.5, 0.6) is 0 Å². The van der Waals surface area contributed by atoms with Crippen molar-refractivity contribution in [2.24, 2.45) is 11.5 Å². The summed E-state index contributed by atoms with van der Waals surface area (Å²) in [5.74, 6) is -26.4. The second kappa shape index (κ2) is 13.5. The van der Waals surface area contributed by atoms with Gasteiger partial charge in [0.25, 0.3) is 0 Å². The van der Waals surface area contributed by atoms with Gasteiger partial charge in [0, 0.05) is 47.7 Å². The molecule has 0 aliphatic carbocycles. The van der Waals surface area contributed by atoms with Gasteiger partial charge in [-0.05, 0) is 34.9 Å². The van der Waals surface area contributed by atoms with E-state index in [9.17, 15) is 0 Å². The number of H-pyrrole nitrogens is 1. The molecular formula is C33H16F12N6. The minimum atomic E-state index is -2.28. The average Bonchev–Trinajstić information content (AvgIpc) is 3.64. The number of hydrogen-bond acceptors (Lipinski definition) is 5. The number of hydrogen-bond donors (Lipinski definition) is 5. The third-order valence-electron chi connectivity index (χ3n) is 7.62. The molecule has 1 heterocycles. The van der Waals surface area contributed by atoms with Crippen molar-refractivity contribution in [3.8, 4) is 44.5 Å². The highest BCUT2D eigenvalue weighted by Crippen LogP contribution is 2.44. The van der Waals surface area contributed by atoms with E-state index in [1.807, 2.05) is 0 Å². The molecule has 0 saturated heterocycles. The standard InChI is InChI=1S/C33H16F12N6/c34-22-16(23(35)29(41)19(28(22)40)13(4-46)5-47)10-1-11(17-24(36)30(42)20(14(6-48)7-49)31(43)25(17)37)3-12(2-10)18-26(38)32(44)21(33(45)27(18)39)15-8-50-51-9-15/h1-9,46,48H,47,49H2,(H,50,51)/b13-5+,14-7+,46-4?,48-6?. The number of nitrogens with two attached hydrogens (primary N) is 2. The maximum atomic E-state index is 15.6. The SMILES string of the molecule is N=C/C(=C\N)c1c(F)c(F)c(-c2cc(-c3c(F)c(F)c(/C(C=N)=C/N)c(F)c3F)cc(-c3c(F)c(F)c(-c4cn[nH]c4)c(F)c3F)c2)c(F)c1F. The number of aromatic amines is 1. The van der Waals surface area contributed by atoms with Gasteiger partial charge in [-0.25, -0.2) is 52.7 Å². The van der Waals surface area contributed by atoms with E-state index in [0.717, 1.165) is 12.4 Å². The fraction of sp³-hybridized carbons (Fsp3) is 0. The summed E-state index contributed by atoms with van der Waals surface area (Å²) in [5, 5.41) is 20.0. The van der Waals surface area contributed by atoms with Crippen LogP contribution in [0.2, 0.25) is 0 Å². The monoisotopic (exact) mass is 724 g/mol. The molecule has 51 heavy (non-hydrogen) atoms. The Morgan fingerprint density at radius 1 is 0.471 bits per heavy atom. The Balaban J connectivity index is 1.95. The Morgan fingerprint density at radius 3 is 0.980 bits per heavy atom. The lowest BCUT2D eigenvalue weighted by Gasteiger charge is -2.18. The van der Waals surface area contributed by atoms with Gasteiger partial charge in [-0.2, -0.15) is 5.10 Å². The molecule has 18 heteroatoms. The third-order valence-corrected chi connectivity index (χ3v) is 7.62. The Kier molecular flexibility index (Phi) is 9.54. The van der Waals surface area contributed by atoms with Gasteiger partial charge in [-0.3, -0.25) is 5.10 Å². The predicted octanol–water partition coefficient (Wildman–Crippen LogP) is 8.65. The first kappa shape index (κ1) is 36.0. The van der Waals surface area contributed by atoms with Gasteiger partial charge >= 0.3 is 0 Å². The highest BCUT2D eigenvalue weighted by molar-refractivity contribution is 6.09. The normalized spacial score (nSPS) is 12.1. The van der Waals surface area contributed by atoms with Crippen LogP contribution in [0.15, 0.2) is 43.0 Å². The van der Waals surface area contributed by atoms with Crippen molar-refractivity contribution in [2.45, 2.75) is 0 Å².